The molecule has 2 unspecified atom stereocenters. The molecule has 21 heavy (non-hydrogen) atoms. The molecule has 1 aliphatic rings. The van der Waals surface area contributed by atoms with Crippen molar-refractivity contribution >= 4 is 42.6 Å². The van der Waals surface area contributed by atoms with Crippen LogP contribution in [0.4, 0.5) is 0 Å². The van der Waals surface area contributed by atoms with Crippen molar-refractivity contribution < 1.29 is 17.4 Å². The number of hydrogen-bond acceptors (Lipinski definition) is 4. The van der Waals surface area contributed by atoms with Crippen molar-refractivity contribution in [1.29, 1.82) is 0 Å². The van der Waals surface area contributed by atoms with Gasteiger partial charge < -0.3 is 0 Å². The molecule has 0 saturated heterocycles. The number of hydrogen-bond donors (Lipinski definition) is 0. The van der Waals surface area contributed by atoms with E-state index in [1.165, 1.54) is 6.07 Å². The Balaban J connectivity index is 2.65. The maximum Gasteiger partial charge on any atom is 0.252 e. The van der Waals surface area contributed by atoms with E-state index >= 15 is 0 Å². The van der Waals surface area contributed by atoms with Crippen LogP contribution in [-0.2, 0) is 21.1 Å². The minimum atomic E-state index is -3.84. The van der Waals surface area contributed by atoms with Crippen molar-refractivity contribution in [3.05, 3.63) is 29.3 Å². The van der Waals surface area contributed by atoms with Crippen LogP contribution in [-0.4, -0.2) is 22.6 Å². The molecule has 0 heterocycles. The lowest BCUT2D eigenvalue weighted by Crippen LogP contribution is -2.12. The maximum absolute atomic E-state index is 12.3. The van der Waals surface area contributed by atoms with E-state index in [2.05, 4.69) is 6.92 Å². The predicted octanol–water partition coefficient (Wildman–Crippen LogP) is 2.72. The third kappa shape index (κ3) is 3.44. The first-order chi connectivity index (χ1) is 9.86. The zero-order chi connectivity index (χ0) is 15.6. The van der Waals surface area contributed by atoms with E-state index in [-0.39, 0.29) is 27.6 Å². The number of rotatable bonds is 4. The van der Waals surface area contributed by atoms with Crippen molar-refractivity contribution in [2.45, 2.75) is 37.0 Å². The Morgan fingerprint density at radius 3 is 2.62 bits per heavy atom. The molecule has 0 spiro atoms. The van der Waals surface area contributed by atoms with Crippen LogP contribution < -0.4 is 0 Å². The van der Waals surface area contributed by atoms with Gasteiger partial charge in [-0.05, 0) is 47.6 Å². The molecule has 4 nitrogen and oxygen atoms in total. The van der Waals surface area contributed by atoms with Crippen LogP contribution in [0.1, 0.15) is 48.0 Å². The molecule has 1 saturated carbocycles. The molecule has 0 N–H and O–H groups in total. The summed E-state index contributed by atoms with van der Waals surface area (Å²) >= 11 is 5.32. The van der Waals surface area contributed by atoms with Gasteiger partial charge in [0.2, 0.25) is 9.84 Å². The first-order valence-electron chi connectivity index (χ1n) is 6.57. The zero-order valence-electron chi connectivity index (χ0n) is 11.4. The van der Waals surface area contributed by atoms with Crippen LogP contribution in [0.25, 0.3) is 0 Å². The van der Waals surface area contributed by atoms with E-state index in [1.54, 1.807) is 12.1 Å². The smallest absolute Gasteiger partial charge is 0.252 e. The standard InChI is InChI=1S/C14H15ClO4S2/c1-9-3-2-4-11(9)12-6-5-10(14(15)16)7-13(12)21(18,19)8-20-17/h5-9,11H,2-4H2,1H3. The van der Waals surface area contributed by atoms with E-state index in [0.717, 1.165) is 19.3 Å². The highest BCUT2D eigenvalue weighted by atomic mass is 35.5. The van der Waals surface area contributed by atoms with Crippen molar-refractivity contribution in [3.63, 3.8) is 0 Å². The topological polar surface area (TPSA) is 68.3 Å². The summed E-state index contributed by atoms with van der Waals surface area (Å²) in [6, 6.07) is 4.47. The summed E-state index contributed by atoms with van der Waals surface area (Å²) in [7, 11) is -3.84. The van der Waals surface area contributed by atoms with Crippen LogP contribution in [0.2, 0.25) is 0 Å². The van der Waals surface area contributed by atoms with E-state index in [9.17, 15) is 17.4 Å². The first kappa shape index (κ1) is 16.4. The molecule has 0 amide bonds. The zero-order valence-corrected chi connectivity index (χ0v) is 13.8. The first-order valence-corrected chi connectivity index (χ1v) is 9.30. The second-order valence-electron chi connectivity index (χ2n) is 5.28. The van der Waals surface area contributed by atoms with Crippen molar-refractivity contribution in [3.8, 4) is 0 Å². The highest BCUT2D eigenvalue weighted by molar-refractivity contribution is 8.12. The highest BCUT2D eigenvalue weighted by Gasteiger charge is 2.30. The Kier molecular flexibility index (Phi) is 5.01. The van der Waals surface area contributed by atoms with Crippen molar-refractivity contribution in [2.75, 3.05) is 0 Å². The molecule has 0 bridgehead atoms. The number of sulfone groups is 1. The van der Waals surface area contributed by atoms with Crippen molar-refractivity contribution in [2.24, 2.45) is 5.92 Å². The van der Waals surface area contributed by atoms with Gasteiger partial charge in [0.1, 0.15) is 16.0 Å². The van der Waals surface area contributed by atoms with Gasteiger partial charge in [-0.1, -0.05) is 25.8 Å². The fraction of sp³-hybridized carbons (Fsp3) is 0.429. The Morgan fingerprint density at radius 2 is 2.10 bits per heavy atom. The molecular formula is C14H15ClO4S2. The van der Waals surface area contributed by atoms with Gasteiger partial charge in [0, 0.05) is 5.56 Å². The number of carbonyl (C=O) groups excluding carboxylic acids is 1. The Bertz CT molecular complexity index is 720. The van der Waals surface area contributed by atoms with Gasteiger partial charge in [-0.25, -0.2) is 12.6 Å². The third-order valence-corrected chi connectivity index (χ3v) is 6.49. The monoisotopic (exact) mass is 346 g/mol. The SMILES string of the molecule is CC1CCCC1c1ccc(C(=O)Cl)cc1S(=O)(=O)C=S=O. The van der Waals surface area contributed by atoms with Gasteiger partial charge in [-0.2, -0.15) is 0 Å². The molecular weight excluding hydrogens is 332 g/mol. The minimum Gasteiger partial charge on any atom is -0.276 e. The fourth-order valence-electron chi connectivity index (χ4n) is 2.92. The molecule has 1 aromatic rings. The average molecular weight is 347 g/mol. The lowest BCUT2D eigenvalue weighted by molar-refractivity contribution is 0.108. The summed E-state index contributed by atoms with van der Waals surface area (Å²) in [6.45, 7) is 2.08. The van der Waals surface area contributed by atoms with Gasteiger partial charge in [0.25, 0.3) is 5.24 Å². The summed E-state index contributed by atoms with van der Waals surface area (Å²) < 4.78 is 35.8. The molecule has 2 atom stereocenters. The van der Waals surface area contributed by atoms with Crippen molar-refractivity contribution in [1.82, 2.24) is 0 Å². The summed E-state index contributed by atoms with van der Waals surface area (Å²) in [4.78, 5) is 11.3. The molecule has 1 aliphatic carbocycles. The van der Waals surface area contributed by atoms with E-state index in [4.69, 9.17) is 11.6 Å². The molecule has 2 rings (SSSR count). The number of carbonyl (C=O) groups is 1. The average Bonchev–Trinajstić information content (AvgIpc) is 2.84. The van der Waals surface area contributed by atoms with Crippen LogP contribution in [0.5, 0.6) is 0 Å². The molecule has 1 aromatic carbocycles. The minimum absolute atomic E-state index is 0.0242. The van der Waals surface area contributed by atoms with E-state index in [0.29, 0.717) is 16.2 Å². The number of benzene rings is 1. The van der Waals surface area contributed by atoms with Crippen LogP contribution in [0.15, 0.2) is 23.1 Å². The Hall–Kier alpha value is -0.980. The normalized spacial score (nSPS) is 22.0. The third-order valence-electron chi connectivity index (χ3n) is 3.97. The van der Waals surface area contributed by atoms with Gasteiger partial charge in [0.05, 0.1) is 4.90 Å². The molecule has 0 radical (unpaired) electrons. The van der Waals surface area contributed by atoms with Crippen LogP contribution in [0, 0.1) is 5.92 Å². The largest absolute Gasteiger partial charge is 0.276 e. The molecule has 1 fully saturated rings. The van der Waals surface area contributed by atoms with E-state index in [1.807, 2.05) is 0 Å². The Labute approximate surface area is 132 Å². The molecule has 114 valence electrons. The van der Waals surface area contributed by atoms with Crippen LogP contribution >= 0.6 is 11.6 Å². The molecule has 7 heteroatoms. The number of halogens is 1. The quantitative estimate of drug-likeness (QED) is 0.621. The summed E-state index contributed by atoms with van der Waals surface area (Å²) in [5.74, 6) is 0.496. The van der Waals surface area contributed by atoms with Gasteiger partial charge in [-0.3, -0.25) is 4.79 Å². The van der Waals surface area contributed by atoms with Gasteiger partial charge >= 0.3 is 0 Å². The maximum atomic E-state index is 12.3. The highest BCUT2D eigenvalue weighted by Crippen LogP contribution is 2.41. The fourth-order valence-corrected chi connectivity index (χ4v) is 4.71. The van der Waals surface area contributed by atoms with Gasteiger partial charge in [-0.15, -0.1) is 0 Å². The second kappa shape index (κ2) is 6.42. The van der Waals surface area contributed by atoms with Gasteiger partial charge in [0.15, 0.2) is 0 Å². The van der Waals surface area contributed by atoms with E-state index < -0.39 is 15.1 Å². The molecule has 0 aromatic heterocycles. The summed E-state index contributed by atoms with van der Waals surface area (Å²) in [5.41, 5.74) is 0.793. The Morgan fingerprint density at radius 1 is 1.38 bits per heavy atom. The van der Waals surface area contributed by atoms with Crippen LogP contribution in [0.3, 0.4) is 0 Å². The lowest BCUT2D eigenvalue weighted by Gasteiger charge is -2.19. The predicted molar refractivity (Wildman–Crippen MR) is 83.8 cm³/mol. The lowest BCUT2D eigenvalue weighted by atomic mass is 9.90. The summed E-state index contributed by atoms with van der Waals surface area (Å²) in [5, 5.41) is -0.716. The summed E-state index contributed by atoms with van der Waals surface area (Å²) in [6.07, 6.45) is 2.99. The molecule has 0 aliphatic heterocycles. The second-order valence-corrected chi connectivity index (χ2v) is 8.11.